The highest BCUT2D eigenvalue weighted by Crippen LogP contribution is 2.23. The van der Waals surface area contributed by atoms with E-state index in [1.807, 2.05) is 20.0 Å². The molecule has 0 amide bonds. The summed E-state index contributed by atoms with van der Waals surface area (Å²) in [6.07, 6.45) is 4.45. The van der Waals surface area contributed by atoms with Crippen LogP contribution < -0.4 is 0 Å². The summed E-state index contributed by atoms with van der Waals surface area (Å²) in [7, 11) is 2.19. The normalized spacial score (nSPS) is 18.1. The van der Waals surface area contributed by atoms with E-state index in [1.165, 1.54) is 37.2 Å². The van der Waals surface area contributed by atoms with Crippen molar-refractivity contribution in [1.82, 2.24) is 14.7 Å². The van der Waals surface area contributed by atoms with Crippen LogP contribution in [0.4, 0.5) is 0 Å². The molecule has 0 radical (unpaired) electrons. The molecular formula is C13H25N3. The molecule has 2 rings (SSSR count). The molecule has 0 aliphatic carbocycles. The molecule has 1 aromatic rings. The van der Waals surface area contributed by atoms with E-state index in [1.54, 1.807) is 0 Å². The Balaban J connectivity index is 0.000000606. The summed E-state index contributed by atoms with van der Waals surface area (Å²) in [4.78, 5) is 2.39. The van der Waals surface area contributed by atoms with E-state index in [0.29, 0.717) is 6.04 Å². The molecule has 1 aliphatic rings. The number of aryl methyl sites for hydroxylation is 1. The molecule has 0 bridgehead atoms. The summed E-state index contributed by atoms with van der Waals surface area (Å²) in [5.41, 5.74) is 2.64. The van der Waals surface area contributed by atoms with E-state index in [9.17, 15) is 0 Å². The summed E-state index contributed by atoms with van der Waals surface area (Å²) < 4.78 is 2.21. The fourth-order valence-corrected chi connectivity index (χ4v) is 2.12. The van der Waals surface area contributed by atoms with E-state index in [0.717, 1.165) is 0 Å². The van der Waals surface area contributed by atoms with Crippen LogP contribution in [0.25, 0.3) is 0 Å². The van der Waals surface area contributed by atoms with Crippen LogP contribution in [0, 0.1) is 13.8 Å². The third-order valence-electron chi connectivity index (χ3n) is 3.32. The Bertz CT molecular complexity index is 309. The van der Waals surface area contributed by atoms with Gasteiger partial charge in [0.25, 0.3) is 0 Å². The van der Waals surface area contributed by atoms with Crippen molar-refractivity contribution >= 4 is 0 Å². The molecule has 0 spiro atoms. The fourth-order valence-electron chi connectivity index (χ4n) is 2.12. The Kier molecular flexibility index (Phi) is 5.00. The predicted octanol–water partition coefficient (Wildman–Crippen LogP) is 2.79. The third kappa shape index (κ3) is 2.85. The lowest BCUT2D eigenvalue weighted by Gasteiger charge is -2.29. The molecule has 3 nitrogen and oxygen atoms in total. The SMILES string of the molecule is CC.Cc1cnn(C2CCN(C)CC2)c1C. The van der Waals surface area contributed by atoms with Crippen molar-refractivity contribution in [3.8, 4) is 0 Å². The zero-order chi connectivity index (χ0) is 12.1. The lowest BCUT2D eigenvalue weighted by Crippen LogP contribution is -2.32. The molecule has 0 aromatic carbocycles. The number of aromatic nitrogens is 2. The number of piperidine rings is 1. The smallest absolute Gasteiger partial charge is 0.0546 e. The summed E-state index contributed by atoms with van der Waals surface area (Å²) >= 11 is 0. The summed E-state index contributed by atoms with van der Waals surface area (Å²) in [6, 6.07) is 0.625. The summed E-state index contributed by atoms with van der Waals surface area (Å²) in [5.74, 6) is 0. The first-order valence-electron chi connectivity index (χ1n) is 6.37. The first-order chi connectivity index (χ1) is 7.68. The second-order valence-corrected chi connectivity index (χ2v) is 4.39. The molecule has 3 heteroatoms. The Morgan fingerprint density at radius 3 is 2.19 bits per heavy atom. The van der Waals surface area contributed by atoms with Crippen molar-refractivity contribution < 1.29 is 0 Å². The molecule has 1 aliphatic heterocycles. The van der Waals surface area contributed by atoms with Gasteiger partial charge in [-0.25, -0.2) is 0 Å². The largest absolute Gasteiger partial charge is 0.306 e. The lowest BCUT2D eigenvalue weighted by molar-refractivity contribution is 0.210. The van der Waals surface area contributed by atoms with Crippen LogP contribution in [0.15, 0.2) is 6.20 Å². The molecule has 0 unspecified atom stereocenters. The van der Waals surface area contributed by atoms with Gasteiger partial charge in [-0.05, 0) is 52.4 Å². The third-order valence-corrected chi connectivity index (χ3v) is 3.32. The Morgan fingerprint density at radius 2 is 1.75 bits per heavy atom. The maximum atomic E-state index is 4.46. The lowest BCUT2D eigenvalue weighted by atomic mass is 10.1. The standard InChI is InChI=1S/C11H19N3.C2H6/c1-9-8-12-14(10(9)2)11-4-6-13(3)7-5-11;1-2/h8,11H,4-7H2,1-3H3;1-2H3. The van der Waals surface area contributed by atoms with E-state index < -0.39 is 0 Å². The molecular weight excluding hydrogens is 198 g/mol. The van der Waals surface area contributed by atoms with Crippen LogP contribution in [0.3, 0.4) is 0 Å². The van der Waals surface area contributed by atoms with Crippen LogP contribution in [-0.4, -0.2) is 34.8 Å². The molecule has 1 saturated heterocycles. The van der Waals surface area contributed by atoms with Gasteiger partial charge < -0.3 is 4.90 Å². The van der Waals surface area contributed by atoms with Crippen molar-refractivity contribution in [2.45, 2.75) is 46.6 Å². The quantitative estimate of drug-likeness (QED) is 0.730. The minimum absolute atomic E-state index is 0.625. The molecule has 1 fully saturated rings. The van der Waals surface area contributed by atoms with Gasteiger partial charge in [-0.3, -0.25) is 4.68 Å². The second kappa shape index (κ2) is 6.04. The van der Waals surface area contributed by atoms with E-state index in [2.05, 4.69) is 35.6 Å². The van der Waals surface area contributed by atoms with Gasteiger partial charge >= 0.3 is 0 Å². The molecule has 1 aromatic heterocycles. The first-order valence-corrected chi connectivity index (χ1v) is 6.37. The van der Waals surface area contributed by atoms with Crippen molar-refractivity contribution in [3.63, 3.8) is 0 Å². The molecule has 0 atom stereocenters. The number of nitrogens with zero attached hydrogens (tertiary/aromatic N) is 3. The molecule has 16 heavy (non-hydrogen) atoms. The number of hydrogen-bond acceptors (Lipinski definition) is 2. The van der Waals surface area contributed by atoms with Gasteiger partial charge in [0.2, 0.25) is 0 Å². The number of rotatable bonds is 1. The fraction of sp³-hybridized carbons (Fsp3) is 0.769. The van der Waals surface area contributed by atoms with Gasteiger partial charge in [-0.2, -0.15) is 5.10 Å². The van der Waals surface area contributed by atoms with Crippen molar-refractivity contribution in [3.05, 3.63) is 17.5 Å². The average Bonchev–Trinajstić information content (AvgIpc) is 2.64. The molecule has 92 valence electrons. The van der Waals surface area contributed by atoms with E-state index in [-0.39, 0.29) is 0 Å². The Labute approximate surface area is 99.4 Å². The second-order valence-electron chi connectivity index (χ2n) is 4.39. The van der Waals surface area contributed by atoms with Crippen LogP contribution >= 0.6 is 0 Å². The van der Waals surface area contributed by atoms with Crippen LogP contribution in [-0.2, 0) is 0 Å². The van der Waals surface area contributed by atoms with Crippen molar-refractivity contribution in [2.75, 3.05) is 20.1 Å². The highest BCUT2D eigenvalue weighted by Gasteiger charge is 2.20. The van der Waals surface area contributed by atoms with E-state index in [4.69, 9.17) is 0 Å². The van der Waals surface area contributed by atoms with Crippen molar-refractivity contribution in [2.24, 2.45) is 0 Å². The Hall–Kier alpha value is -0.830. The summed E-state index contributed by atoms with van der Waals surface area (Å²) in [6.45, 7) is 10.7. The minimum Gasteiger partial charge on any atom is -0.306 e. The van der Waals surface area contributed by atoms with E-state index >= 15 is 0 Å². The topological polar surface area (TPSA) is 21.1 Å². The zero-order valence-electron chi connectivity index (χ0n) is 11.3. The maximum Gasteiger partial charge on any atom is 0.0546 e. The minimum atomic E-state index is 0.625. The average molecular weight is 223 g/mol. The highest BCUT2D eigenvalue weighted by atomic mass is 15.3. The maximum absolute atomic E-state index is 4.46. The molecule has 0 saturated carbocycles. The van der Waals surface area contributed by atoms with Crippen LogP contribution in [0.5, 0.6) is 0 Å². The van der Waals surface area contributed by atoms with Crippen molar-refractivity contribution in [1.29, 1.82) is 0 Å². The zero-order valence-corrected chi connectivity index (χ0v) is 11.3. The predicted molar refractivity (Wildman–Crippen MR) is 68.8 cm³/mol. The van der Waals surface area contributed by atoms with Crippen LogP contribution in [0.1, 0.15) is 44.0 Å². The molecule has 0 N–H and O–H groups in total. The van der Waals surface area contributed by atoms with Gasteiger partial charge in [0.05, 0.1) is 12.2 Å². The summed E-state index contributed by atoms with van der Waals surface area (Å²) in [5, 5.41) is 4.46. The molecule has 2 heterocycles. The van der Waals surface area contributed by atoms with Gasteiger partial charge in [0.15, 0.2) is 0 Å². The highest BCUT2D eigenvalue weighted by molar-refractivity contribution is 5.14. The monoisotopic (exact) mass is 223 g/mol. The Morgan fingerprint density at radius 1 is 1.19 bits per heavy atom. The number of hydrogen-bond donors (Lipinski definition) is 0. The van der Waals surface area contributed by atoms with Gasteiger partial charge in [0.1, 0.15) is 0 Å². The van der Waals surface area contributed by atoms with Gasteiger partial charge in [-0.1, -0.05) is 13.8 Å². The van der Waals surface area contributed by atoms with Gasteiger partial charge in [0, 0.05) is 5.69 Å². The van der Waals surface area contributed by atoms with Gasteiger partial charge in [-0.15, -0.1) is 0 Å². The number of likely N-dealkylation sites (tertiary alicyclic amines) is 1. The van der Waals surface area contributed by atoms with Crippen LogP contribution in [0.2, 0.25) is 0 Å². The first kappa shape index (κ1) is 13.2.